The molecule has 0 unspecified atom stereocenters. The lowest BCUT2D eigenvalue weighted by Gasteiger charge is -2.15. The zero-order chi connectivity index (χ0) is 16.4. The van der Waals surface area contributed by atoms with Crippen molar-refractivity contribution in [3.63, 3.8) is 0 Å². The van der Waals surface area contributed by atoms with Gasteiger partial charge in [0.2, 0.25) is 0 Å². The average Bonchev–Trinajstić information content (AvgIpc) is 3.27. The Bertz CT molecular complexity index is 859. The largest absolute Gasteiger partial charge is 0.472 e. The van der Waals surface area contributed by atoms with Crippen LogP contribution in [-0.4, -0.2) is 26.1 Å². The summed E-state index contributed by atoms with van der Waals surface area (Å²) in [5.74, 6) is 0.664. The van der Waals surface area contributed by atoms with E-state index in [2.05, 4.69) is 25.6 Å². The van der Waals surface area contributed by atoms with Gasteiger partial charge in [-0.3, -0.25) is 4.98 Å². The van der Waals surface area contributed by atoms with Crippen molar-refractivity contribution in [1.82, 2.24) is 20.3 Å². The number of pyridine rings is 1. The second kappa shape index (κ2) is 6.52. The van der Waals surface area contributed by atoms with E-state index in [9.17, 15) is 0 Å². The van der Waals surface area contributed by atoms with Crippen LogP contribution in [0.1, 0.15) is 25.7 Å². The van der Waals surface area contributed by atoms with Crippen molar-refractivity contribution in [2.75, 3.05) is 5.32 Å². The molecule has 0 aromatic carbocycles. The van der Waals surface area contributed by atoms with E-state index in [0.29, 0.717) is 22.6 Å². The van der Waals surface area contributed by atoms with Crippen molar-refractivity contribution in [2.45, 2.75) is 31.7 Å². The molecule has 0 amide bonds. The Balaban J connectivity index is 1.54. The Morgan fingerprint density at radius 3 is 2.83 bits per heavy atom. The number of hydrogen-bond donors (Lipinski definition) is 2. The molecule has 7 heteroatoms. The molecule has 3 aromatic rings. The van der Waals surface area contributed by atoms with Crippen LogP contribution in [0.4, 0.5) is 5.82 Å². The van der Waals surface area contributed by atoms with Gasteiger partial charge in [0.05, 0.1) is 24.4 Å². The molecular weight excluding hydrogens is 322 g/mol. The highest BCUT2D eigenvalue weighted by Gasteiger charge is 2.15. The van der Waals surface area contributed by atoms with Crippen LogP contribution in [0.3, 0.4) is 0 Å². The fourth-order valence-corrected chi connectivity index (χ4v) is 3.20. The van der Waals surface area contributed by atoms with E-state index in [0.717, 1.165) is 16.8 Å². The summed E-state index contributed by atoms with van der Waals surface area (Å²) in [4.78, 5) is 13.5. The summed E-state index contributed by atoms with van der Waals surface area (Å²) in [6.45, 7) is 0. The van der Waals surface area contributed by atoms with E-state index in [1.807, 2.05) is 18.2 Å². The van der Waals surface area contributed by atoms with Crippen LogP contribution in [-0.2, 0) is 0 Å². The summed E-state index contributed by atoms with van der Waals surface area (Å²) in [5.41, 5.74) is 2.92. The van der Waals surface area contributed by atoms with Crippen LogP contribution < -0.4 is 10.6 Å². The topological polar surface area (TPSA) is 75.9 Å². The van der Waals surface area contributed by atoms with Crippen LogP contribution >= 0.6 is 12.2 Å². The van der Waals surface area contributed by atoms with Gasteiger partial charge in [0.1, 0.15) is 11.3 Å². The van der Waals surface area contributed by atoms with Crippen LogP contribution in [0.25, 0.3) is 22.4 Å². The predicted molar refractivity (Wildman–Crippen MR) is 96.6 cm³/mol. The minimum atomic E-state index is 0.470. The Morgan fingerprint density at radius 1 is 1.17 bits per heavy atom. The SMILES string of the molecule is S=C(Nc1ccc2ncc(-c3ccoc3)nc2n1)NC1CCCC1. The Labute approximate surface area is 144 Å². The number of fused-ring (bicyclic) bond motifs is 1. The minimum absolute atomic E-state index is 0.470. The van der Waals surface area contributed by atoms with Crippen molar-refractivity contribution in [3.05, 3.63) is 36.9 Å². The standard InChI is InChI=1S/C17H17N5OS/c24-17(19-12-3-1-2-4-12)22-15-6-5-13-16(21-15)20-14(9-18-13)11-7-8-23-10-11/h5-10,12H,1-4H2,(H2,19,20,21,22,24). The normalized spacial score (nSPS) is 14.8. The van der Waals surface area contributed by atoms with E-state index in [-0.39, 0.29) is 0 Å². The highest BCUT2D eigenvalue weighted by Crippen LogP contribution is 2.20. The van der Waals surface area contributed by atoms with Crippen molar-refractivity contribution in [2.24, 2.45) is 0 Å². The molecule has 6 nitrogen and oxygen atoms in total. The van der Waals surface area contributed by atoms with Gasteiger partial charge in [0, 0.05) is 11.6 Å². The second-order valence-corrected chi connectivity index (χ2v) is 6.29. The summed E-state index contributed by atoms with van der Waals surface area (Å²) in [7, 11) is 0. The van der Waals surface area contributed by atoms with E-state index < -0.39 is 0 Å². The Kier molecular flexibility index (Phi) is 4.08. The maximum atomic E-state index is 5.38. The lowest BCUT2D eigenvalue weighted by molar-refractivity contribution is 0.568. The maximum absolute atomic E-state index is 5.38. The maximum Gasteiger partial charge on any atom is 0.180 e. The summed E-state index contributed by atoms with van der Waals surface area (Å²) >= 11 is 5.38. The molecule has 4 rings (SSSR count). The molecule has 1 aliphatic rings. The van der Waals surface area contributed by atoms with Gasteiger partial charge < -0.3 is 15.1 Å². The molecule has 24 heavy (non-hydrogen) atoms. The number of furan rings is 1. The number of anilines is 1. The molecule has 2 N–H and O–H groups in total. The minimum Gasteiger partial charge on any atom is -0.472 e. The second-order valence-electron chi connectivity index (χ2n) is 5.89. The Hall–Kier alpha value is -2.54. The predicted octanol–water partition coefficient (Wildman–Crippen LogP) is 3.51. The molecule has 0 atom stereocenters. The first-order chi connectivity index (χ1) is 11.8. The number of hydrogen-bond acceptors (Lipinski definition) is 5. The molecule has 0 radical (unpaired) electrons. The quantitative estimate of drug-likeness (QED) is 0.707. The number of thiocarbonyl (C=S) groups is 1. The summed E-state index contributed by atoms with van der Waals surface area (Å²) in [5, 5.41) is 7.08. The first-order valence-corrected chi connectivity index (χ1v) is 8.43. The van der Waals surface area contributed by atoms with Crippen molar-refractivity contribution < 1.29 is 4.42 Å². The van der Waals surface area contributed by atoms with Gasteiger partial charge in [0.15, 0.2) is 10.8 Å². The molecule has 0 saturated heterocycles. The molecule has 1 aliphatic carbocycles. The van der Waals surface area contributed by atoms with Gasteiger partial charge in [-0.05, 0) is 43.3 Å². The molecule has 0 bridgehead atoms. The summed E-state index contributed by atoms with van der Waals surface area (Å²) in [6, 6.07) is 6.06. The van der Waals surface area contributed by atoms with Gasteiger partial charge in [-0.2, -0.15) is 0 Å². The van der Waals surface area contributed by atoms with Gasteiger partial charge in [0.25, 0.3) is 0 Å². The number of nitrogens with zero attached hydrogens (tertiary/aromatic N) is 3. The molecule has 0 spiro atoms. The Morgan fingerprint density at radius 2 is 2.04 bits per heavy atom. The van der Waals surface area contributed by atoms with E-state index in [1.165, 1.54) is 25.7 Å². The lowest BCUT2D eigenvalue weighted by Crippen LogP contribution is -2.36. The van der Waals surface area contributed by atoms with Gasteiger partial charge >= 0.3 is 0 Å². The summed E-state index contributed by atoms with van der Waals surface area (Å²) < 4.78 is 5.09. The third-order valence-electron chi connectivity index (χ3n) is 4.16. The molecule has 1 fully saturated rings. The van der Waals surface area contributed by atoms with E-state index in [1.54, 1.807) is 18.7 Å². The lowest BCUT2D eigenvalue weighted by atomic mass is 10.2. The molecule has 1 saturated carbocycles. The van der Waals surface area contributed by atoms with Crippen molar-refractivity contribution in [3.8, 4) is 11.3 Å². The first kappa shape index (κ1) is 15.0. The zero-order valence-corrected chi connectivity index (χ0v) is 13.8. The van der Waals surface area contributed by atoms with Gasteiger partial charge in [-0.25, -0.2) is 9.97 Å². The molecule has 0 aliphatic heterocycles. The average molecular weight is 339 g/mol. The highest BCUT2D eigenvalue weighted by atomic mass is 32.1. The number of aromatic nitrogens is 3. The van der Waals surface area contributed by atoms with Gasteiger partial charge in [-0.1, -0.05) is 12.8 Å². The van der Waals surface area contributed by atoms with Crippen molar-refractivity contribution >= 4 is 34.3 Å². The van der Waals surface area contributed by atoms with Gasteiger partial charge in [-0.15, -0.1) is 0 Å². The summed E-state index contributed by atoms with van der Waals surface area (Å²) in [6.07, 6.45) is 9.84. The molecule has 122 valence electrons. The van der Waals surface area contributed by atoms with Crippen LogP contribution in [0.15, 0.2) is 41.3 Å². The first-order valence-electron chi connectivity index (χ1n) is 8.02. The monoisotopic (exact) mass is 339 g/mol. The van der Waals surface area contributed by atoms with E-state index >= 15 is 0 Å². The number of nitrogens with one attached hydrogen (secondary N) is 2. The molecule has 3 heterocycles. The smallest absolute Gasteiger partial charge is 0.180 e. The third-order valence-corrected chi connectivity index (χ3v) is 4.38. The van der Waals surface area contributed by atoms with Crippen molar-refractivity contribution in [1.29, 1.82) is 0 Å². The fourth-order valence-electron chi connectivity index (χ4n) is 2.92. The van der Waals surface area contributed by atoms with Crippen LogP contribution in [0.2, 0.25) is 0 Å². The third kappa shape index (κ3) is 3.21. The zero-order valence-electron chi connectivity index (χ0n) is 13.0. The number of rotatable bonds is 3. The van der Waals surface area contributed by atoms with Crippen LogP contribution in [0, 0.1) is 0 Å². The fraction of sp³-hybridized carbons (Fsp3) is 0.294. The van der Waals surface area contributed by atoms with Crippen LogP contribution in [0.5, 0.6) is 0 Å². The molecule has 3 aromatic heterocycles. The highest BCUT2D eigenvalue weighted by molar-refractivity contribution is 7.80. The molecular formula is C17H17N5OS. The van der Waals surface area contributed by atoms with E-state index in [4.69, 9.17) is 16.6 Å².